The van der Waals surface area contributed by atoms with Crippen LogP contribution in [0.15, 0.2) is 12.2 Å². The first kappa shape index (κ1) is 16.1. The predicted octanol–water partition coefficient (Wildman–Crippen LogP) is 0.632. The van der Waals surface area contributed by atoms with Gasteiger partial charge in [0.1, 0.15) is 16.9 Å². The molecule has 3 heterocycles. The van der Waals surface area contributed by atoms with Crippen molar-refractivity contribution in [3.63, 3.8) is 0 Å². The van der Waals surface area contributed by atoms with E-state index in [4.69, 9.17) is 18.9 Å². The van der Waals surface area contributed by atoms with Crippen molar-refractivity contribution in [3.05, 3.63) is 12.2 Å². The largest absolute Gasteiger partial charge is 0.461 e. The van der Waals surface area contributed by atoms with Gasteiger partial charge >= 0.3 is 23.9 Å². The molecule has 0 radical (unpaired) electrons. The van der Waals surface area contributed by atoms with Crippen LogP contribution < -0.4 is 0 Å². The molecule has 25 heavy (non-hydrogen) atoms. The summed E-state index contributed by atoms with van der Waals surface area (Å²) in [5.41, 5.74) is -3.03. The Balaban J connectivity index is 2.03. The lowest BCUT2D eigenvalue weighted by atomic mass is 9.52. The highest BCUT2D eigenvalue weighted by Gasteiger charge is 2.91. The van der Waals surface area contributed by atoms with Crippen molar-refractivity contribution in [1.29, 1.82) is 0 Å². The van der Waals surface area contributed by atoms with Gasteiger partial charge in [0.15, 0.2) is 0 Å². The number of ether oxygens (including phenoxy) is 4. The predicted molar refractivity (Wildman–Crippen MR) is 78.4 cm³/mol. The Morgan fingerprint density at radius 3 is 2.48 bits per heavy atom. The lowest BCUT2D eigenvalue weighted by Crippen LogP contribution is -2.58. The van der Waals surface area contributed by atoms with E-state index < -0.39 is 58.6 Å². The average Bonchev–Trinajstić information content (AvgIpc) is 3.08. The molecule has 0 aromatic rings. The van der Waals surface area contributed by atoms with Gasteiger partial charge in [-0.25, -0.2) is 4.79 Å². The Labute approximate surface area is 143 Å². The highest BCUT2D eigenvalue weighted by Crippen LogP contribution is 2.77. The summed E-state index contributed by atoms with van der Waals surface area (Å²) in [4.78, 5) is 49.0. The van der Waals surface area contributed by atoms with Gasteiger partial charge in [0.25, 0.3) is 6.29 Å². The van der Waals surface area contributed by atoms with Crippen molar-refractivity contribution >= 4 is 23.9 Å². The van der Waals surface area contributed by atoms with Crippen molar-refractivity contribution < 1.29 is 38.1 Å². The summed E-state index contributed by atoms with van der Waals surface area (Å²) in [7, 11) is 0. The van der Waals surface area contributed by atoms with Gasteiger partial charge in [0, 0.05) is 12.3 Å². The summed E-state index contributed by atoms with van der Waals surface area (Å²) >= 11 is 0. The number of rotatable bonds is 2. The van der Waals surface area contributed by atoms with Crippen molar-refractivity contribution in [3.8, 4) is 0 Å². The fourth-order valence-corrected chi connectivity index (χ4v) is 5.39. The van der Waals surface area contributed by atoms with Crippen LogP contribution in [0.4, 0.5) is 0 Å². The Morgan fingerprint density at radius 2 is 1.88 bits per heavy atom. The summed E-state index contributed by atoms with van der Waals surface area (Å²) in [6, 6.07) is 0. The molecule has 4 fully saturated rings. The summed E-state index contributed by atoms with van der Waals surface area (Å²) in [5, 5.41) is 0. The molecule has 6 atom stereocenters. The molecule has 0 aromatic carbocycles. The van der Waals surface area contributed by atoms with Gasteiger partial charge in [-0.05, 0) is 13.3 Å². The number of hydrogen-bond acceptors (Lipinski definition) is 8. The SMILES string of the molecule is C=C(C)[C@@]1(C)C[C@@H]2OC(=O)C[C@@]23C(=O)O[C@@H]2OC(=O)[C@H](OC(C)=O)[C@]213. The Bertz CT molecular complexity index is 756. The number of carbonyl (C=O) groups excluding carboxylic acids is 4. The number of allylic oxidation sites excluding steroid dienone is 1. The second-order valence-corrected chi connectivity index (χ2v) is 7.48. The number of hydrogen-bond donors (Lipinski definition) is 0. The number of esters is 4. The lowest BCUT2D eigenvalue weighted by Gasteiger charge is -2.45. The normalized spacial score (nSPS) is 46.7. The second-order valence-electron chi connectivity index (χ2n) is 7.48. The van der Waals surface area contributed by atoms with E-state index in [1.807, 2.05) is 6.92 Å². The zero-order valence-corrected chi connectivity index (χ0v) is 14.1. The molecule has 2 spiro atoms. The molecule has 1 saturated carbocycles. The van der Waals surface area contributed by atoms with E-state index in [1.54, 1.807) is 6.92 Å². The van der Waals surface area contributed by atoms with Gasteiger partial charge in [-0.1, -0.05) is 19.1 Å². The molecule has 0 amide bonds. The molecule has 3 aliphatic heterocycles. The highest BCUT2D eigenvalue weighted by atomic mass is 16.7. The second kappa shape index (κ2) is 4.42. The summed E-state index contributed by atoms with van der Waals surface area (Å²) in [6.45, 7) is 8.76. The minimum atomic E-state index is -1.44. The topological polar surface area (TPSA) is 105 Å². The first-order valence-electron chi connectivity index (χ1n) is 8.05. The lowest BCUT2D eigenvalue weighted by molar-refractivity contribution is -0.176. The van der Waals surface area contributed by atoms with Crippen molar-refractivity contribution in [2.75, 3.05) is 0 Å². The maximum atomic E-state index is 12.8. The third kappa shape index (κ3) is 1.46. The van der Waals surface area contributed by atoms with E-state index in [0.717, 1.165) is 0 Å². The van der Waals surface area contributed by atoms with Crippen molar-refractivity contribution in [2.24, 2.45) is 16.2 Å². The molecule has 4 aliphatic rings. The van der Waals surface area contributed by atoms with Crippen LogP contribution in [0, 0.1) is 16.2 Å². The number of carbonyl (C=O) groups is 4. The third-order valence-electron chi connectivity index (χ3n) is 6.52. The van der Waals surface area contributed by atoms with Crippen molar-refractivity contribution in [2.45, 2.75) is 52.1 Å². The molecule has 0 aromatic heterocycles. The van der Waals surface area contributed by atoms with Crippen LogP contribution in [-0.4, -0.2) is 42.4 Å². The minimum Gasteiger partial charge on any atom is -0.461 e. The molecule has 134 valence electrons. The Morgan fingerprint density at radius 1 is 1.20 bits per heavy atom. The van der Waals surface area contributed by atoms with E-state index in [9.17, 15) is 19.2 Å². The van der Waals surface area contributed by atoms with Gasteiger partial charge < -0.3 is 18.9 Å². The smallest absolute Gasteiger partial charge is 0.351 e. The molecular formula is C17H18O8. The molecule has 4 rings (SSSR count). The van der Waals surface area contributed by atoms with E-state index in [0.29, 0.717) is 5.57 Å². The summed E-state index contributed by atoms with van der Waals surface area (Å²) in [5.74, 6) is -2.70. The standard InChI is InChI=1S/C17H18O8/c1-7(2)15(4)5-9-16(6-10(19)23-9)13(21)25-14-17(15,16)11(12(20)24-14)22-8(3)18/h9,11,14H,1,5-6H2,2-4H3/t9-,11-,14-,15+,16-,17-/m0/s1. The van der Waals surface area contributed by atoms with E-state index in [2.05, 4.69) is 6.58 Å². The molecule has 8 nitrogen and oxygen atoms in total. The van der Waals surface area contributed by atoms with Crippen LogP contribution in [-0.2, 0) is 38.1 Å². The van der Waals surface area contributed by atoms with Crippen LogP contribution in [0.2, 0.25) is 0 Å². The molecule has 3 saturated heterocycles. The quantitative estimate of drug-likeness (QED) is 0.406. The van der Waals surface area contributed by atoms with E-state index >= 15 is 0 Å². The molecule has 8 heteroatoms. The van der Waals surface area contributed by atoms with Crippen molar-refractivity contribution in [1.82, 2.24) is 0 Å². The van der Waals surface area contributed by atoms with Gasteiger partial charge in [0.05, 0.1) is 6.42 Å². The fraction of sp³-hybridized carbons (Fsp3) is 0.647. The third-order valence-corrected chi connectivity index (χ3v) is 6.52. The molecule has 1 aliphatic carbocycles. The van der Waals surface area contributed by atoms with E-state index in [-0.39, 0.29) is 12.8 Å². The van der Waals surface area contributed by atoms with Gasteiger partial charge in [-0.3, -0.25) is 14.4 Å². The average molecular weight is 350 g/mol. The molecule has 0 N–H and O–H groups in total. The molecular weight excluding hydrogens is 332 g/mol. The van der Waals surface area contributed by atoms with Crippen LogP contribution in [0.1, 0.15) is 33.6 Å². The van der Waals surface area contributed by atoms with Crippen LogP contribution in [0.3, 0.4) is 0 Å². The maximum absolute atomic E-state index is 12.8. The monoisotopic (exact) mass is 350 g/mol. The van der Waals surface area contributed by atoms with Gasteiger partial charge in [0.2, 0.25) is 6.10 Å². The van der Waals surface area contributed by atoms with Crippen LogP contribution in [0.5, 0.6) is 0 Å². The summed E-state index contributed by atoms with van der Waals surface area (Å²) < 4.78 is 21.4. The maximum Gasteiger partial charge on any atom is 0.351 e. The van der Waals surface area contributed by atoms with Gasteiger partial charge in [-0.15, -0.1) is 0 Å². The molecule has 0 bridgehead atoms. The zero-order valence-electron chi connectivity index (χ0n) is 14.1. The van der Waals surface area contributed by atoms with Crippen LogP contribution >= 0.6 is 0 Å². The van der Waals surface area contributed by atoms with E-state index in [1.165, 1.54) is 6.92 Å². The molecule has 0 unspecified atom stereocenters. The zero-order chi connectivity index (χ0) is 18.4. The highest BCUT2D eigenvalue weighted by molar-refractivity contribution is 5.95. The Hall–Kier alpha value is -2.38. The van der Waals surface area contributed by atoms with Gasteiger partial charge in [-0.2, -0.15) is 0 Å². The summed E-state index contributed by atoms with van der Waals surface area (Å²) in [6.07, 6.45) is -3.38. The first-order chi connectivity index (χ1) is 11.6. The minimum absolute atomic E-state index is 0.246. The fourth-order valence-electron chi connectivity index (χ4n) is 5.39. The first-order valence-corrected chi connectivity index (χ1v) is 8.05. The Kier molecular flexibility index (Phi) is 2.85. The van der Waals surface area contributed by atoms with Crippen LogP contribution in [0.25, 0.3) is 0 Å².